The third-order valence-electron chi connectivity index (χ3n) is 4.93. The van der Waals surface area contributed by atoms with Gasteiger partial charge in [-0.05, 0) is 43.8 Å². The lowest BCUT2D eigenvalue weighted by atomic mass is 9.82. The average molecular weight is 274 g/mol. The Kier molecular flexibility index (Phi) is 6.06. The van der Waals surface area contributed by atoms with Crippen molar-refractivity contribution in [2.24, 2.45) is 11.7 Å². The molecule has 0 heterocycles. The van der Waals surface area contributed by atoms with E-state index >= 15 is 0 Å². The molecule has 20 heavy (non-hydrogen) atoms. The maximum Gasteiger partial charge on any atom is 0.0348 e. The number of hydrogen-bond donors (Lipinski definition) is 1. The van der Waals surface area contributed by atoms with E-state index in [1.165, 1.54) is 37.7 Å². The molecular weight excluding hydrogens is 244 g/mol. The van der Waals surface area contributed by atoms with Crippen molar-refractivity contribution in [1.29, 1.82) is 0 Å². The second kappa shape index (κ2) is 7.80. The molecule has 3 atom stereocenters. The van der Waals surface area contributed by atoms with Crippen molar-refractivity contribution < 1.29 is 0 Å². The molecule has 0 amide bonds. The van der Waals surface area contributed by atoms with Crippen LogP contribution in [0.4, 0.5) is 0 Å². The SMILES string of the molecule is CCC(c1ccccc1)N(CC)C1CCCCC1CN. The van der Waals surface area contributed by atoms with E-state index in [9.17, 15) is 0 Å². The lowest BCUT2D eigenvalue weighted by molar-refractivity contribution is 0.0678. The summed E-state index contributed by atoms with van der Waals surface area (Å²) in [5.74, 6) is 0.682. The van der Waals surface area contributed by atoms with Crippen LogP contribution in [0.2, 0.25) is 0 Å². The summed E-state index contributed by atoms with van der Waals surface area (Å²) < 4.78 is 0. The molecule has 1 aromatic carbocycles. The highest BCUT2D eigenvalue weighted by Gasteiger charge is 2.32. The Morgan fingerprint density at radius 2 is 1.85 bits per heavy atom. The lowest BCUT2D eigenvalue weighted by Crippen LogP contribution is -2.46. The normalized spacial score (nSPS) is 24.8. The Balaban J connectivity index is 2.20. The first kappa shape index (κ1) is 15.5. The van der Waals surface area contributed by atoms with Crippen molar-refractivity contribution in [3.05, 3.63) is 35.9 Å². The monoisotopic (exact) mass is 274 g/mol. The molecule has 2 N–H and O–H groups in total. The molecule has 0 spiro atoms. The van der Waals surface area contributed by atoms with Crippen LogP contribution in [0.1, 0.15) is 57.6 Å². The zero-order valence-electron chi connectivity index (χ0n) is 13.1. The van der Waals surface area contributed by atoms with Gasteiger partial charge >= 0.3 is 0 Å². The molecule has 2 rings (SSSR count). The molecule has 112 valence electrons. The average Bonchev–Trinajstić information content (AvgIpc) is 2.53. The predicted octanol–water partition coefficient (Wildman–Crippen LogP) is 3.98. The van der Waals surface area contributed by atoms with E-state index in [0.29, 0.717) is 18.0 Å². The Morgan fingerprint density at radius 1 is 1.15 bits per heavy atom. The number of rotatable bonds is 6. The van der Waals surface area contributed by atoms with E-state index in [1.54, 1.807) is 0 Å². The molecule has 1 aromatic rings. The van der Waals surface area contributed by atoms with Crippen LogP contribution in [0, 0.1) is 5.92 Å². The first-order valence-electron chi connectivity index (χ1n) is 8.32. The second-order valence-electron chi connectivity index (χ2n) is 6.01. The van der Waals surface area contributed by atoms with Crippen molar-refractivity contribution in [2.75, 3.05) is 13.1 Å². The molecule has 0 aromatic heterocycles. The number of benzene rings is 1. The van der Waals surface area contributed by atoms with E-state index in [-0.39, 0.29) is 0 Å². The lowest BCUT2D eigenvalue weighted by Gasteiger charge is -2.43. The minimum absolute atomic E-state index is 0.540. The zero-order chi connectivity index (χ0) is 14.4. The summed E-state index contributed by atoms with van der Waals surface area (Å²) in [6.07, 6.45) is 6.52. The molecule has 2 nitrogen and oxygen atoms in total. The summed E-state index contributed by atoms with van der Waals surface area (Å²) in [4.78, 5) is 2.71. The Morgan fingerprint density at radius 3 is 2.45 bits per heavy atom. The fraction of sp³-hybridized carbons (Fsp3) is 0.667. The summed E-state index contributed by atoms with van der Waals surface area (Å²) in [5.41, 5.74) is 7.50. The molecule has 1 saturated carbocycles. The largest absolute Gasteiger partial charge is 0.330 e. The van der Waals surface area contributed by atoms with Gasteiger partial charge in [0.2, 0.25) is 0 Å². The van der Waals surface area contributed by atoms with Gasteiger partial charge in [-0.3, -0.25) is 4.90 Å². The summed E-state index contributed by atoms with van der Waals surface area (Å²) in [6.45, 7) is 6.56. The molecular formula is C18H30N2. The van der Waals surface area contributed by atoms with Crippen molar-refractivity contribution >= 4 is 0 Å². The van der Waals surface area contributed by atoms with Crippen molar-refractivity contribution in [1.82, 2.24) is 4.90 Å². The first-order chi connectivity index (χ1) is 9.81. The van der Waals surface area contributed by atoms with Gasteiger partial charge in [-0.1, -0.05) is 57.0 Å². The van der Waals surface area contributed by atoms with E-state index in [1.807, 2.05) is 0 Å². The topological polar surface area (TPSA) is 29.3 Å². The smallest absolute Gasteiger partial charge is 0.0348 e. The van der Waals surface area contributed by atoms with Crippen LogP contribution in [0.15, 0.2) is 30.3 Å². The quantitative estimate of drug-likeness (QED) is 0.850. The molecule has 1 aliphatic rings. The van der Waals surface area contributed by atoms with Gasteiger partial charge in [0.15, 0.2) is 0 Å². The van der Waals surface area contributed by atoms with Gasteiger partial charge in [-0.15, -0.1) is 0 Å². The van der Waals surface area contributed by atoms with Crippen molar-refractivity contribution in [3.8, 4) is 0 Å². The molecule has 1 aliphatic carbocycles. The van der Waals surface area contributed by atoms with E-state index in [2.05, 4.69) is 49.1 Å². The van der Waals surface area contributed by atoms with Crippen molar-refractivity contribution in [2.45, 2.75) is 58.0 Å². The highest BCUT2D eigenvalue weighted by Crippen LogP contribution is 2.34. The maximum atomic E-state index is 6.04. The Hall–Kier alpha value is -0.860. The molecule has 0 saturated heterocycles. The highest BCUT2D eigenvalue weighted by atomic mass is 15.2. The van der Waals surface area contributed by atoms with Crippen molar-refractivity contribution in [3.63, 3.8) is 0 Å². The summed E-state index contributed by atoms with van der Waals surface area (Å²) >= 11 is 0. The first-order valence-corrected chi connectivity index (χ1v) is 8.32. The third kappa shape index (κ3) is 3.42. The number of nitrogens with zero attached hydrogens (tertiary/aromatic N) is 1. The fourth-order valence-corrected chi connectivity index (χ4v) is 3.92. The number of hydrogen-bond acceptors (Lipinski definition) is 2. The molecule has 2 heteroatoms. The second-order valence-corrected chi connectivity index (χ2v) is 6.01. The van der Waals surface area contributed by atoms with Gasteiger partial charge in [0.1, 0.15) is 0 Å². The fourth-order valence-electron chi connectivity index (χ4n) is 3.92. The molecule has 0 radical (unpaired) electrons. The molecule has 3 unspecified atom stereocenters. The van der Waals surface area contributed by atoms with Gasteiger partial charge in [0, 0.05) is 12.1 Å². The third-order valence-corrected chi connectivity index (χ3v) is 4.93. The van der Waals surface area contributed by atoms with Gasteiger partial charge in [0.25, 0.3) is 0 Å². The van der Waals surface area contributed by atoms with Crippen LogP contribution in [-0.4, -0.2) is 24.0 Å². The van der Waals surface area contributed by atoms with Gasteiger partial charge in [-0.25, -0.2) is 0 Å². The number of nitrogens with two attached hydrogens (primary N) is 1. The Labute approximate surface area is 124 Å². The van der Waals surface area contributed by atoms with Crippen LogP contribution >= 0.6 is 0 Å². The molecule has 0 aliphatic heterocycles. The van der Waals surface area contributed by atoms with Gasteiger partial charge < -0.3 is 5.73 Å². The van der Waals surface area contributed by atoms with E-state index < -0.39 is 0 Å². The summed E-state index contributed by atoms with van der Waals surface area (Å²) in [7, 11) is 0. The highest BCUT2D eigenvalue weighted by molar-refractivity contribution is 5.19. The minimum Gasteiger partial charge on any atom is -0.330 e. The minimum atomic E-state index is 0.540. The van der Waals surface area contributed by atoms with Crippen LogP contribution in [0.25, 0.3) is 0 Å². The summed E-state index contributed by atoms with van der Waals surface area (Å²) in [6, 6.07) is 12.2. The van der Waals surface area contributed by atoms with E-state index in [4.69, 9.17) is 5.73 Å². The van der Waals surface area contributed by atoms with Crippen LogP contribution in [0.5, 0.6) is 0 Å². The van der Waals surface area contributed by atoms with Gasteiger partial charge in [0.05, 0.1) is 0 Å². The van der Waals surface area contributed by atoms with E-state index in [0.717, 1.165) is 13.1 Å². The standard InChI is InChI=1S/C18H30N2/c1-3-17(15-10-6-5-7-11-15)20(4-2)18-13-9-8-12-16(18)14-19/h5-7,10-11,16-18H,3-4,8-9,12-14,19H2,1-2H3. The van der Waals surface area contributed by atoms with Crippen LogP contribution in [0.3, 0.4) is 0 Å². The zero-order valence-corrected chi connectivity index (χ0v) is 13.1. The van der Waals surface area contributed by atoms with Gasteiger partial charge in [-0.2, -0.15) is 0 Å². The maximum absolute atomic E-state index is 6.04. The van der Waals surface area contributed by atoms with Crippen LogP contribution < -0.4 is 5.73 Å². The van der Waals surface area contributed by atoms with Crippen LogP contribution in [-0.2, 0) is 0 Å². The molecule has 1 fully saturated rings. The summed E-state index contributed by atoms with van der Waals surface area (Å²) in [5, 5.41) is 0. The predicted molar refractivity (Wildman–Crippen MR) is 86.7 cm³/mol. The Bertz CT molecular complexity index is 376. The molecule has 0 bridgehead atoms.